The Bertz CT molecular complexity index is 1860. The Hall–Kier alpha value is -4.34. The molecule has 0 radical (unpaired) electrons. The molecule has 2 N–H and O–H groups in total. The topological polar surface area (TPSA) is 126 Å². The van der Waals surface area contributed by atoms with E-state index in [1.807, 2.05) is 129 Å². The number of Topliss-reactive ketones (excluding diaryl/α,β-unsaturated/α-hetero) is 1. The first kappa shape index (κ1) is 51.8. The Kier molecular flexibility index (Phi) is 17.7. The summed E-state index contributed by atoms with van der Waals surface area (Å²) in [5, 5.41) is 15.0. The third-order valence-corrected chi connectivity index (χ3v) is 9.30. The normalized spacial score (nSPS) is 13.1. The zero-order valence-corrected chi connectivity index (χ0v) is 40.7. The van der Waals surface area contributed by atoms with Crippen LogP contribution in [-0.4, -0.2) is 49.6 Å². The summed E-state index contributed by atoms with van der Waals surface area (Å²) in [7, 11) is 0. The number of carbonyl (C=O) groups excluding carboxylic acids is 4. The van der Waals surface area contributed by atoms with Crippen molar-refractivity contribution >= 4 is 29.2 Å². The number of hydrogen-bond acceptors (Lipinski definition) is 6. The van der Waals surface area contributed by atoms with E-state index in [0.717, 1.165) is 46.6 Å². The first-order valence-electron chi connectivity index (χ1n) is 21.8. The molecule has 0 unspecified atom stereocenters. The average molecular weight is 829 g/mol. The molecule has 4 rings (SSSR count). The van der Waals surface area contributed by atoms with Crippen molar-refractivity contribution in [3.05, 3.63) is 54.1 Å². The fraction of sp³-hybridized carbons (Fsp3) is 0.640. The van der Waals surface area contributed by atoms with Gasteiger partial charge in [-0.3, -0.25) is 19.2 Å². The molecule has 0 spiro atoms. The van der Waals surface area contributed by atoms with Crippen LogP contribution in [0.15, 0.2) is 48.5 Å². The maximum absolute atomic E-state index is 13.6. The van der Waals surface area contributed by atoms with Crippen LogP contribution in [0.5, 0.6) is 0 Å². The fourth-order valence-electron chi connectivity index (χ4n) is 6.26. The van der Waals surface area contributed by atoms with E-state index < -0.39 is 0 Å². The van der Waals surface area contributed by atoms with Gasteiger partial charge in [0.15, 0.2) is 0 Å². The van der Waals surface area contributed by atoms with Crippen LogP contribution in [0.2, 0.25) is 0 Å². The van der Waals surface area contributed by atoms with Crippen LogP contribution in [0.3, 0.4) is 0 Å². The monoisotopic (exact) mass is 829 g/mol. The molecule has 3 amide bonds. The molecule has 0 bridgehead atoms. The molecule has 0 fully saturated rings. The molecule has 60 heavy (non-hydrogen) atoms. The molecule has 3 aromatic rings. The van der Waals surface area contributed by atoms with E-state index in [1.165, 1.54) is 0 Å². The lowest BCUT2D eigenvalue weighted by atomic mass is 9.89. The van der Waals surface area contributed by atoms with E-state index in [0.29, 0.717) is 38.8 Å². The number of aromatic nitrogens is 3. The number of nitrogens with one attached hydrogen (secondary N) is 2. The second-order valence-corrected chi connectivity index (χ2v) is 22.9. The standard InChI is InChI=1S/C32H42N4O2.2C9H19NO/c1-31(2,3)19-11-18-28(38)35-22-23-13-7-8-15-25(23)30-29(26-16-9-10-17-27(26)35)33-34-36(30)20-12-14-24(37)21-32(4,5)6;2*1-8(2,3)7(11)10-9(4,5)6/h7-10,13,15-17H,11-12,14,18-22H2,1-6H3;2*1-6H3,(H,10,11). The van der Waals surface area contributed by atoms with Gasteiger partial charge in [0.05, 0.1) is 17.9 Å². The molecular formula is C50H80N6O4. The van der Waals surface area contributed by atoms with Gasteiger partial charge >= 0.3 is 0 Å². The number of aryl methyl sites for hydroxylation is 1. The van der Waals surface area contributed by atoms with Gasteiger partial charge in [-0.15, -0.1) is 5.10 Å². The van der Waals surface area contributed by atoms with E-state index in [2.05, 4.69) is 74.6 Å². The van der Waals surface area contributed by atoms with Crippen molar-refractivity contribution in [1.82, 2.24) is 25.6 Å². The molecule has 2 aromatic carbocycles. The van der Waals surface area contributed by atoms with Gasteiger partial charge in [0, 0.05) is 58.8 Å². The van der Waals surface area contributed by atoms with Crippen molar-refractivity contribution < 1.29 is 19.2 Å². The molecule has 0 saturated carbocycles. The third-order valence-electron chi connectivity index (χ3n) is 9.30. The largest absolute Gasteiger partial charge is 0.351 e. The molecule has 334 valence electrons. The number of benzene rings is 2. The maximum atomic E-state index is 13.6. The number of hydrogen-bond donors (Lipinski definition) is 2. The summed E-state index contributed by atoms with van der Waals surface area (Å²) in [5.74, 6) is 0.617. The van der Waals surface area contributed by atoms with Crippen LogP contribution in [0, 0.1) is 21.7 Å². The van der Waals surface area contributed by atoms with Gasteiger partial charge in [-0.1, -0.05) is 131 Å². The number of amides is 3. The first-order valence-corrected chi connectivity index (χ1v) is 21.8. The Morgan fingerprint density at radius 2 is 1.12 bits per heavy atom. The minimum atomic E-state index is -0.284. The summed E-state index contributed by atoms with van der Waals surface area (Å²) in [4.78, 5) is 50.7. The molecule has 0 saturated heterocycles. The van der Waals surface area contributed by atoms with Crippen molar-refractivity contribution in [2.45, 2.75) is 187 Å². The molecule has 1 aliphatic rings. The molecule has 10 nitrogen and oxygen atoms in total. The van der Waals surface area contributed by atoms with Gasteiger partial charge < -0.3 is 15.5 Å². The van der Waals surface area contributed by atoms with Gasteiger partial charge in [0.2, 0.25) is 17.7 Å². The lowest BCUT2D eigenvalue weighted by molar-refractivity contribution is -0.130. The van der Waals surface area contributed by atoms with Crippen molar-refractivity contribution in [3.63, 3.8) is 0 Å². The average Bonchev–Trinajstić information content (AvgIpc) is 3.46. The number of anilines is 1. The number of fused-ring (bicyclic) bond motifs is 5. The highest BCUT2D eigenvalue weighted by Gasteiger charge is 2.30. The second-order valence-electron chi connectivity index (χ2n) is 22.9. The van der Waals surface area contributed by atoms with Crippen molar-refractivity contribution in [1.29, 1.82) is 0 Å². The highest BCUT2D eigenvalue weighted by molar-refractivity contribution is 6.00. The first-order chi connectivity index (χ1) is 27.2. The van der Waals surface area contributed by atoms with E-state index >= 15 is 0 Å². The van der Waals surface area contributed by atoms with Gasteiger partial charge in [0.25, 0.3) is 0 Å². The minimum absolute atomic E-state index is 0.00161. The van der Waals surface area contributed by atoms with E-state index in [1.54, 1.807) is 0 Å². The van der Waals surface area contributed by atoms with Crippen molar-refractivity contribution in [3.8, 4) is 22.5 Å². The van der Waals surface area contributed by atoms with Gasteiger partial charge in [-0.25, -0.2) is 4.68 Å². The predicted molar refractivity (Wildman–Crippen MR) is 248 cm³/mol. The number of nitrogens with zero attached hydrogens (tertiary/aromatic N) is 4. The summed E-state index contributed by atoms with van der Waals surface area (Å²) in [6.07, 6.45) is 4.20. The zero-order chi connectivity index (χ0) is 46.1. The van der Waals surface area contributed by atoms with Crippen LogP contribution in [0.25, 0.3) is 22.5 Å². The Balaban J connectivity index is 0.000000462. The van der Waals surface area contributed by atoms with Crippen LogP contribution < -0.4 is 15.5 Å². The number of rotatable bonds is 8. The molecular weight excluding hydrogens is 749 g/mol. The van der Waals surface area contributed by atoms with Crippen molar-refractivity contribution in [2.24, 2.45) is 21.7 Å². The molecule has 2 heterocycles. The molecule has 10 heteroatoms. The van der Waals surface area contributed by atoms with Gasteiger partial charge in [-0.2, -0.15) is 0 Å². The summed E-state index contributed by atoms with van der Waals surface area (Å²) < 4.78 is 1.94. The predicted octanol–water partition coefficient (Wildman–Crippen LogP) is 11.4. The SMILES string of the molecule is CC(C)(C)CCCC(=O)N1Cc2ccccc2-c2c(nnn2CCCC(=O)CC(C)(C)C)-c2ccccc21.CC(C)(C)NC(=O)C(C)(C)C.CC(C)(C)NC(=O)C(C)(C)C. The summed E-state index contributed by atoms with van der Waals surface area (Å²) in [6.45, 7) is 37.4. The number of para-hydroxylation sites is 1. The second kappa shape index (κ2) is 20.5. The van der Waals surface area contributed by atoms with E-state index in [9.17, 15) is 19.2 Å². The van der Waals surface area contributed by atoms with Crippen molar-refractivity contribution in [2.75, 3.05) is 4.90 Å². The van der Waals surface area contributed by atoms with E-state index in [-0.39, 0.29) is 56.2 Å². The molecule has 0 atom stereocenters. The molecule has 1 aliphatic heterocycles. The summed E-state index contributed by atoms with van der Waals surface area (Å²) >= 11 is 0. The Morgan fingerprint density at radius 1 is 0.617 bits per heavy atom. The van der Waals surface area contributed by atoms with Crippen LogP contribution in [0.4, 0.5) is 5.69 Å². The lowest BCUT2D eigenvalue weighted by Gasteiger charge is -2.29. The Morgan fingerprint density at radius 3 is 1.58 bits per heavy atom. The zero-order valence-electron chi connectivity index (χ0n) is 40.7. The highest BCUT2D eigenvalue weighted by atomic mass is 16.2. The third kappa shape index (κ3) is 18.1. The summed E-state index contributed by atoms with van der Waals surface area (Å²) in [6, 6.07) is 16.2. The van der Waals surface area contributed by atoms with Crippen LogP contribution >= 0.6 is 0 Å². The minimum Gasteiger partial charge on any atom is -0.351 e. The van der Waals surface area contributed by atoms with Gasteiger partial charge in [0.1, 0.15) is 11.5 Å². The van der Waals surface area contributed by atoms with Crippen LogP contribution in [-0.2, 0) is 32.3 Å². The summed E-state index contributed by atoms with van der Waals surface area (Å²) in [5.41, 5.74) is 5.01. The number of carbonyl (C=O) groups is 4. The lowest BCUT2D eigenvalue weighted by Crippen LogP contribution is -2.46. The maximum Gasteiger partial charge on any atom is 0.227 e. The van der Waals surface area contributed by atoms with E-state index in [4.69, 9.17) is 0 Å². The van der Waals surface area contributed by atoms with Crippen LogP contribution in [0.1, 0.15) is 169 Å². The molecule has 1 aromatic heterocycles. The quantitative estimate of drug-likeness (QED) is 0.233. The highest BCUT2D eigenvalue weighted by Crippen LogP contribution is 2.41. The smallest absolute Gasteiger partial charge is 0.227 e. The Labute approximate surface area is 363 Å². The molecule has 0 aliphatic carbocycles. The number of ketones is 1. The van der Waals surface area contributed by atoms with Gasteiger partial charge in [-0.05, 0) is 83.3 Å². The fourth-order valence-corrected chi connectivity index (χ4v) is 6.26.